The third kappa shape index (κ3) is 3.23. The fraction of sp³-hybridized carbons (Fsp3) is 0.0526. The summed E-state index contributed by atoms with van der Waals surface area (Å²) in [4.78, 5) is 7.67. The Balaban J connectivity index is 1.54. The van der Waals surface area contributed by atoms with Gasteiger partial charge in [0.25, 0.3) is 5.95 Å². The SMILES string of the molecule is CC(/C=C/c1ccccc1)=N\Nc1nnc2c(n1)[nH]c1ccccc12. The quantitative estimate of drug-likeness (QED) is 0.438. The Morgan fingerprint density at radius 1 is 1.04 bits per heavy atom. The smallest absolute Gasteiger partial charge is 0.265 e. The first-order valence-electron chi connectivity index (χ1n) is 7.94. The van der Waals surface area contributed by atoms with Crippen molar-refractivity contribution in [2.24, 2.45) is 5.10 Å². The van der Waals surface area contributed by atoms with Crippen molar-refractivity contribution in [1.29, 1.82) is 0 Å². The molecule has 2 N–H and O–H groups in total. The van der Waals surface area contributed by atoms with E-state index in [1.165, 1.54) is 0 Å². The topological polar surface area (TPSA) is 78.8 Å². The van der Waals surface area contributed by atoms with Gasteiger partial charge in [0.2, 0.25) is 0 Å². The maximum atomic E-state index is 4.43. The summed E-state index contributed by atoms with van der Waals surface area (Å²) in [5, 5.41) is 13.6. The molecular formula is C19H16N6. The van der Waals surface area contributed by atoms with Gasteiger partial charge >= 0.3 is 0 Å². The van der Waals surface area contributed by atoms with Gasteiger partial charge in [-0.15, -0.1) is 10.2 Å². The van der Waals surface area contributed by atoms with Gasteiger partial charge in [-0.2, -0.15) is 10.1 Å². The highest BCUT2D eigenvalue weighted by molar-refractivity contribution is 6.03. The van der Waals surface area contributed by atoms with E-state index in [1.54, 1.807) is 0 Å². The second-order valence-corrected chi connectivity index (χ2v) is 5.61. The van der Waals surface area contributed by atoms with Gasteiger partial charge in [0.15, 0.2) is 5.65 Å². The number of benzene rings is 2. The van der Waals surface area contributed by atoms with Crippen molar-refractivity contribution in [2.45, 2.75) is 6.92 Å². The molecule has 122 valence electrons. The van der Waals surface area contributed by atoms with E-state index in [0.717, 1.165) is 27.7 Å². The molecule has 0 saturated heterocycles. The average Bonchev–Trinajstić information content (AvgIpc) is 3.03. The Bertz CT molecular complexity index is 1080. The van der Waals surface area contributed by atoms with Crippen molar-refractivity contribution >= 4 is 39.8 Å². The zero-order valence-electron chi connectivity index (χ0n) is 13.6. The summed E-state index contributed by atoms with van der Waals surface area (Å²) >= 11 is 0. The maximum Gasteiger partial charge on any atom is 0.265 e. The molecule has 0 aliphatic carbocycles. The number of aromatic nitrogens is 4. The van der Waals surface area contributed by atoms with Gasteiger partial charge in [0.1, 0.15) is 5.52 Å². The predicted molar refractivity (Wildman–Crippen MR) is 101 cm³/mol. The summed E-state index contributed by atoms with van der Waals surface area (Å²) in [5.41, 5.74) is 7.21. The van der Waals surface area contributed by atoms with Gasteiger partial charge in [-0.1, -0.05) is 54.6 Å². The van der Waals surface area contributed by atoms with Gasteiger partial charge in [-0.05, 0) is 24.6 Å². The lowest BCUT2D eigenvalue weighted by atomic mass is 10.2. The van der Waals surface area contributed by atoms with E-state index in [1.807, 2.05) is 73.7 Å². The summed E-state index contributed by atoms with van der Waals surface area (Å²) in [6.07, 6.45) is 3.93. The number of nitrogens with one attached hydrogen (secondary N) is 2. The van der Waals surface area contributed by atoms with Crippen molar-refractivity contribution in [2.75, 3.05) is 5.43 Å². The van der Waals surface area contributed by atoms with Crippen molar-refractivity contribution in [1.82, 2.24) is 20.2 Å². The van der Waals surface area contributed by atoms with Gasteiger partial charge in [-0.3, -0.25) is 0 Å². The van der Waals surface area contributed by atoms with Crippen LogP contribution in [0.25, 0.3) is 28.1 Å². The van der Waals surface area contributed by atoms with Gasteiger partial charge < -0.3 is 4.98 Å². The molecular weight excluding hydrogens is 312 g/mol. The molecule has 0 unspecified atom stereocenters. The van der Waals surface area contributed by atoms with Gasteiger partial charge in [0.05, 0.1) is 5.71 Å². The first-order chi connectivity index (χ1) is 12.3. The molecule has 2 aromatic heterocycles. The van der Waals surface area contributed by atoms with E-state index in [0.29, 0.717) is 11.6 Å². The second kappa shape index (κ2) is 6.52. The fourth-order valence-electron chi connectivity index (χ4n) is 2.52. The van der Waals surface area contributed by atoms with E-state index in [2.05, 4.69) is 30.7 Å². The lowest BCUT2D eigenvalue weighted by molar-refractivity contribution is 1.01. The molecule has 0 spiro atoms. The van der Waals surface area contributed by atoms with Crippen LogP contribution in [0, 0.1) is 0 Å². The number of allylic oxidation sites excluding steroid dienone is 1. The number of H-pyrrole nitrogens is 1. The number of para-hydroxylation sites is 1. The summed E-state index contributed by atoms with van der Waals surface area (Å²) in [6.45, 7) is 1.90. The highest BCUT2D eigenvalue weighted by Gasteiger charge is 2.07. The lowest BCUT2D eigenvalue weighted by Crippen LogP contribution is -2.00. The summed E-state index contributed by atoms with van der Waals surface area (Å²) in [6, 6.07) is 18.0. The van der Waals surface area contributed by atoms with Crippen LogP contribution in [0.1, 0.15) is 12.5 Å². The maximum absolute atomic E-state index is 4.43. The van der Waals surface area contributed by atoms with Crippen LogP contribution in [0.5, 0.6) is 0 Å². The highest BCUT2D eigenvalue weighted by Crippen LogP contribution is 2.21. The van der Waals surface area contributed by atoms with E-state index in [4.69, 9.17) is 0 Å². The zero-order valence-corrected chi connectivity index (χ0v) is 13.6. The Morgan fingerprint density at radius 3 is 2.72 bits per heavy atom. The number of hydrogen-bond donors (Lipinski definition) is 2. The van der Waals surface area contributed by atoms with E-state index in [-0.39, 0.29) is 0 Å². The van der Waals surface area contributed by atoms with Crippen LogP contribution in [0.3, 0.4) is 0 Å². The predicted octanol–water partition coefficient (Wildman–Crippen LogP) is 4.01. The van der Waals surface area contributed by atoms with E-state index < -0.39 is 0 Å². The second-order valence-electron chi connectivity index (χ2n) is 5.61. The molecule has 0 fully saturated rings. The molecule has 2 aromatic carbocycles. The molecule has 6 nitrogen and oxygen atoms in total. The van der Waals surface area contributed by atoms with Crippen LogP contribution in [0.2, 0.25) is 0 Å². The van der Waals surface area contributed by atoms with Crippen molar-refractivity contribution in [3.05, 3.63) is 66.2 Å². The number of fused-ring (bicyclic) bond motifs is 3. The van der Waals surface area contributed by atoms with Crippen LogP contribution < -0.4 is 5.43 Å². The van der Waals surface area contributed by atoms with Crippen LogP contribution >= 0.6 is 0 Å². The van der Waals surface area contributed by atoms with Crippen LogP contribution in [0.4, 0.5) is 5.95 Å². The molecule has 2 heterocycles. The molecule has 0 saturated carbocycles. The standard InChI is InChI=1S/C19H16N6/c1-13(11-12-14-7-3-2-4-8-14)22-24-19-21-18-17(23-25-19)15-9-5-6-10-16(15)20-18/h2-12H,1H3,(H2,20,21,24,25)/b12-11+,22-13+. The van der Waals surface area contributed by atoms with Crippen molar-refractivity contribution in [3.8, 4) is 0 Å². The molecule has 0 amide bonds. The summed E-state index contributed by atoms with van der Waals surface area (Å²) in [5.74, 6) is 0.353. The Hall–Kier alpha value is -3.54. The number of aromatic amines is 1. The molecule has 25 heavy (non-hydrogen) atoms. The zero-order chi connectivity index (χ0) is 17.1. The monoisotopic (exact) mass is 328 g/mol. The minimum absolute atomic E-state index is 0.353. The van der Waals surface area contributed by atoms with Crippen molar-refractivity contribution < 1.29 is 0 Å². The molecule has 0 aliphatic heterocycles. The minimum Gasteiger partial charge on any atom is -0.338 e. The number of hydrazone groups is 1. The third-order valence-corrected chi connectivity index (χ3v) is 3.77. The number of nitrogens with zero attached hydrogens (tertiary/aromatic N) is 4. The molecule has 0 aliphatic rings. The first kappa shape index (κ1) is 15.0. The van der Waals surface area contributed by atoms with Crippen LogP contribution in [-0.4, -0.2) is 25.9 Å². The summed E-state index contributed by atoms with van der Waals surface area (Å²) < 4.78 is 0. The minimum atomic E-state index is 0.353. The Morgan fingerprint density at radius 2 is 1.84 bits per heavy atom. The van der Waals surface area contributed by atoms with Gasteiger partial charge in [-0.25, -0.2) is 5.43 Å². The molecule has 4 aromatic rings. The van der Waals surface area contributed by atoms with Gasteiger partial charge in [0, 0.05) is 10.9 Å². The number of hydrogen-bond acceptors (Lipinski definition) is 5. The summed E-state index contributed by atoms with van der Waals surface area (Å²) in [7, 11) is 0. The average molecular weight is 328 g/mol. The van der Waals surface area contributed by atoms with Crippen molar-refractivity contribution in [3.63, 3.8) is 0 Å². The Kier molecular flexibility index (Phi) is 3.92. The Labute approximate surface area is 144 Å². The first-order valence-corrected chi connectivity index (χ1v) is 7.94. The lowest BCUT2D eigenvalue weighted by Gasteiger charge is -1.98. The van der Waals surface area contributed by atoms with E-state index >= 15 is 0 Å². The molecule has 0 radical (unpaired) electrons. The number of rotatable bonds is 4. The highest BCUT2D eigenvalue weighted by atomic mass is 15.4. The number of anilines is 1. The van der Waals surface area contributed by atoms with Crippen LogP contribution in [0.15, 0.2) is 65.8 Å². The van der Waals surface area contributed by atoms with Crippen LogP contribution in [-0.2, 0) is 0 Å². The molecule has 0 bridgehead atoms. The normalized spacial score (nSPS) is 12.3. The molecule has 6 heteroatoms. The largest absolute Gasteiger partial charge is 0.338 e. The molecule has 4 rings (SSSR count). The molecule has 0 atom stereocenters. The third-order valence-electron chi connectivity index (χ3n) is 3.77. The fourth-order valence-corrected chi connectivity index (χ4v) is 2.52. The van der Waals surface area contributed by atoms with E-state index in [9.17, 15) is 0 Å².